The molecule has 3 aromatic carbocycles. The summed E-state index contributed by atoms with van der Waals surface area (Å²) in [6, 6.07) is 18.6. The van der Waals surface area contributed by atoms with Crippen molar-refractivity contribution in [2.75, 3.05) is 26.2 Å². The highest BCUT2D eigenvalue weighted by Gasteiger charge is 2.13. The number of rotatable bonds is 13. The maximum atomic E-state index is 13.1. The second-order valence-corrected chi connectivity index (χ2v) is 9.25. The van der Waals surface area contributed by atoms with Crippen LogP contribution in [0.3, 0.4) is 0 Å². The number of ketones is 1. The van der Waals surface area contributed by atoms with Crippen LogP contribution < -0.4 is 9.47 Å². The van der Waals surface area contributed by atoms with Crippen molar-refractivity contribution in [2.24, 2.45) is 0 Å². The molecule has 0 amide bonds. The van der Waals surface area contributed by atoms with Gasteiger partial charge in [0, 0.05) is 31.0 Å². The number of carbonyl (C=O) groups is 1. The van der Waals surface area contributed by atoms with E-state index in [0.717, 1.165) is 42.6 Å². The minimum Gasteiger partial charge on any atom is -0.504 e. The molecule has 0 bridgehead atoms. The van der Waals surface area contributed by atoms with Crippen LogP contribution in [-0.4, -0.2) is 41.9 Å². The molecule has 6 nitrogen and oxygen atoms in total. The Hall–Kier alpha value is -4.28. The molecule has 0 unspecified atom stereocenters. The lowest BCUT2D eigenvalue weighted by molar-refractivity contribution is -0.117. The van der Waals surface area contributed by atoms with Crippen LogP contribution >= 0.6 is 0 Å². The molecule has 0 aliphatic heterocycles. The predicted molar refractivity (Wildman–Crippen MR) is 151 cm³/mol. The topological polar surface area (TPSA) is 56.0 Å². The molecule has 1 heterocycles. The first-order valence-electron chi connectivity index (χ1n) is 13.2. The lowest BCUT2D eigenvalue weighted by atomic mass is 10.0. The van der Waals surface area contributed by atoms with Gasteiger partial charge < -0.3 is 14.4 Å². The number of nitrogens with zero attached hydrogens (tertiary/aromatic N) is 3. The molecule has 200 valence electrons. The molecule has 7 heteroatoms. The quantitative estimate of drug-likeness (QED) is 0.137. The van der Waals surface area contributed by atoms with Gasteiger partial charge in [-0.15, -0.1) is 0 Å². The first-order chi connectivity index (χ1) is 19.0. The highest BCUT2D eigenvalue weighted by molar-refractivity contribution is 5.91. The zero-order chi connectivity index (χ0) is 27.6. The van der Waals surface area contributed by atoms with Crippen LogP contribution in [0.1, 0.15) is 31.4 Å². The summed E-state index contributed by atoms with van der Waals surface area (Å²) in [7, 11) is 0. The molecule has 0 saturated heterocycles. The summed E-state index contributed by atoms with van der Waals surface area (Å²) >= 11 is 0. The number of fused-ring (bicyclic) bond motifs is 1. The fourth-order valence-corrected chi connectivity index (χ4v) is 4.36. The van der Waals surface area contributed by atoms with Crippen molar-refractivity contribution in [1.29, 1.82) is 0 Å². The maximum Gasteiger partial charge on any atom is 0.229 e. The summed E-state index contributed by atoms with van der Waals surface area (Å²) in [5.74, 6) is 1.45. The van der Waals surface area contributed by atoms with Crippen LogP contribution in [0, 0.1) is 12.4 Å². The van der Waals surface area contributed by atoms with Gasteiger partial charge in [-0.3, -0.25) is 9.78 Å². The third kappa shape index (κ3) is 7.62. The Labute approximate surface area is 228 Å². The number of aromatic nitrogens is 1. The SMILES string of the molecule is [C-]#[N+]c1cc2c(Oc3ccc(CC(=O)Cc4ccc(F)cc4)cc3)ccnc2cc1OCCCN(CC)CC. The van der Waals surface area contributed by atoms with E-state index in [-0.39, 0.29) is 24.4 Å². The highest BCUT2D eigenvalue weighted by atomic mass is 19.1. The monoisotopic (exact) mass is 525 g/mol. The summed E-state index contributed by atoms with van der Waals surface area (Å²) in [5, 5.41) is 0.720. The van der Waals surface area contributed by atoms with Crippen LogP contribution in [0.5, 0.6) is 17.2 Å². The van der Waals surface area contributed by atoms with Gasteiger partial charge in [0.05, 0.1) is 18.7 Å². The van der Waals surface area contributed by atoms with Gasteiger partial charge >= 0.3 is 0 Å². The van der Waals surface area contributed by atoms with E-state index >= 15 is 0 Å². The standard InChI is InChI=1S/C32H32FN3O3/c1-4-36(5-2)17-6-18-38-32-22-29-28(21-30(32)34-3)31(15-16-35-29)39-27-13-9-24(10-14-27)20-26(37)19-23-7-11-25(33)12-8-23/h7-16,21-22H,4-6,17-20H2,1-2H3. The molecule has 0 fully saturated rings. The molecule has 0 radical (unpaired) electrons. The first kappa shape index (κ1) is 27.7. The van der Waals surface area contributed by atoms with E-state index in [2.05, 4.69) is 28.6 Å². The largest absolute Gasteiger partial charge is 0.504 e. The number of halogens is 1. The van der Waals surface area contributed by atoms with Crippen molar-refractivity contribution in [3.05, 3.63) is 101 Å². The van der Waals surface area contributed by atoms with Crippen molar-refractivity contribution >= 4 is 22.4 Å². The molecule has 39 heavy (non-hydrogen) atoms. The van der Waals surface area contributed by atoms with Crippen molar-refractivity contribution in [1.82, 2.24) is 9.88 Å². The fourth-order valence-electron chi connectivity index (χ4n) is 4.36. The zero-order valence-electron chi connectivity index (χ0n) is 22.3. The molecule has 0 aliphatic carbocycles. The minimum absolute atomic E-state index is 0.0492. The normalized spacial score (nSPS) is 10.9. The van der Waals surface area contributed by atoms with E-state index in [0.29, 0.717) is 35.1 Å². The molecule has 1 aromatic heterocycles. The number of ether oxygens (including phenoxy) is 2. The Balaban J connectivity index is 1.41. The van der Waals surface area contributed by atoms with Crippen molar-refractivity contribution < 1.29 is 18.7 Å². The molecule has 0 aliphatic rings. The summed E-state index contributed by atoms with van der Waals surface area (Å²) in [4.78, 5) is 22.9. The number of carbonyl (C=O) groups excluding carboxylic acids is 1. The Kier molecular flexibility index (Phi) is 9.60. The maximum absolute atomic E-state index is 13.1. The fraction of sp³-hybridized carbons (Fsp3) is 0.281. The van der Waals surface area contributed by atoms with E-state index < -0.39 is 0 Å². The number of hydrogen-bond donors (Lipinski definition) is 0. The molecule has 0 spiro atoms. The molecular weight excluding hydrogens is 493 g/mol. The highest BCUT2D eigenvalue weighted by Crippen LogP contribution is 2.37. The van der Waals surface area contributed by atoms with Gasteiger partial charge in [-0.25, -0.2) is 9.24 Å². The number of benzene rings is 3. The average molecular weight is 526 g/mol. The third-order valence-electron chi connectivity index (χ3n) is 6.54. The Morgan fingerprint density at radius 1 is 0.949 bits per heavy atom. The van der Waals surface area contributed by atoms with E-state index in [1.807, 2.05) is 24.3 Å². The van der Waals surface area contributed by atoms with Crippen molar-refractivity contribution in [3.8, 4) is 17.2 Å². The molecule has 4 rings (SSSR count). The summed E-state index contributed by atoms with van der Waals surface area (Å²) in [6.45, 7) is 15.4. The smallest absolute Gasteiger partial charge is 0.229 e. The lowest BCUT2D eigenvalue weighted by Gasteiger charge is -2.18. The van der Waals surface area contributed by atoms with E-state index in [1.54, 1.807) is 36.5 Å². The van der Waals surface area contributed by atoms with Crippen LogP contribution in [-0.2, 0) is 17.6 Å². The van der Waals surface area contributed by atoms with Gasteiger partial charge in [0.25, 0.3) is 0 Å². The number of hydrogen-bond acceptors (Lipinski definition) is 5. The second-order valence-electron chi connectivity index (χ2n) is 9.25. The second kappa shape index (κ2) is 13.5. The van der Waals surface area contributed by atoms with Crippen LogP contribution in [0.15, 0.2) is 72.9 Å². The van der Waals surface area contributed by atoms with Gasteiger partial charge in [-0.1, -0.05) is 38.1 Å². The molecule has 0 atom stereocenters. The first-order valence-corrected chi connectivity index (χ1v) is 13.2. The summed E-state index contributed by atoms with van der Waals surface area (Å²) in [5.41, 5.74) is 2.75. The number of Topliss-reactive ketones (excluding diaryl/α,β-unsaturated/α-hetero) is 1. The predicted octanol–water partition coefficient (Wildman–Crippen LogP) is 7.18. The van der Waals surface area contributed by atoms with Gasteiger partial charge in [-0.2, -0.15) is 0 Å². The minimum atomic E-state index is -0.316. The average Bonchev–Trinajstić information content (AvgIpc) is 2.95. The van der Waals surface area contributed by atoms with Gasteiger partial charge in [0.2, 0.25) is 5.69 Å². The Morgan fingerprint density at radius 3 is 2.26 bits per heavy atom. The van der Waals surface area contributed by atoms with E-state index in [9.17, 15) is 9.18 Å². The third-order valence-corrected chi connectivity index (χ3v) is 6.54. The Bertz CT molecular complexity index is 1440. The van der Waals surface area contributed by atoms with E-state index in [4.69, 9.17) is 16.0 Å². The summed E-state index contributed by atoms with van der Waals surface area (Å²) in [6.07, 6.45) is 3.08. The van der Waals surface area contributed by atoms with Crippen LogP contribution in [0.25, 0.3) is 15.7 Å². The van der Waals surface area contributed by atoms with Crippen molar-refractivity contribution in [3.63, 3.8) is 0 Å². The van der Waals surface area contributed by atoms with Gasteiger partial charge in [0.1, 0.15) is 28.8 Å². The van der Waals surface area contributed by atoms with E-state index in [1.165, 1.54) is 12.1 Å². The molecular formula is C32H32FN3O3. The molecule has 4 aromatic rings. The molecule has 0 saturated carbocycles. The van der Waals surface area contributed by atoms with Crippen molar-refractivity contribution in [2.45, 2.75) is 33.1 Å². The van der Waals surface area contributed by atoms with Gasteiger partial charge in [0.15, 0.2) is 0 Å². The molecule has 0 N–H and O–H groups in total. The lowest BCUT2D eigenvalue weighted by Crippen LogP contribution is -2.25. The van der Waals surface area contributed by atoms with Crippen LogP contribution in [0.2, 0.25) is 0 Å². The van der Waals surface area contributed by atoms with Gasteiger partial charge in [-0.05, 0) is 73.1 Å². The Morgan fingerprint density at radius 2 is 1.62 bits per heavy atom. The number of pyridine rings is 1. The summed E-state index contributed by atoms with van der Waals surface area (Å²) < 4.78 is 25.2. The van der Waals surface area contributed by atoms with Crippen LogP contribution in [0.4, 0.5) is 10.1 Å². The zero-order valence-corrected chi connectivity index (χ0v) is 22.3.